The van der Waals surface area contributed by atoms with E-state index in [4.69, 9.17) is 21.1 Å². The predicted molar refractivity (Wildman–Crippen MR) is 226 cm³/mol. The molecule has 61 heavy (non-hydrogen) atoms. The lowest BCUT2D eigenvalue weighted by Gasteiger charge is -2.38. The Hall–Kier alpha value is -6.38. The van der Waals surface area contributed by atoms with Crippen LogP contribution >= 0.6 is 11.6 Å². The first-order valence-electron chi connectivity index (χ1n) is 19.1. The number of tetrazole rings is 1. The summed E-state index contributed by atoms with van der Waals surface area (Å²) in [6.07, 6.45) is 0.429. The van der Waals surface area contributed by atoms with Crippen LogP contribution < -0.4 is 19.7 Å². The smallest absolute Gasteiger partial charge is 0.419 e. The fourth-order valence-electron chi connectivity index (χ4n) is 6.52. The van der Waals surface area contributed by atoms with Crippen LogP contribution in [0.5, 0.6) is 0 Å². The van der Waals surface area contributed by atoms with E-state index in [1.807, 2.05) is 0 Å². The Bertz CT molecular complexity index is 2600. The minimum absolute atomic E-state index is 0.0352. The zero-order chi connectivity index (χ0) is 44.4. The van der Waals surface area contributed by atoms with Gasteiger partial charge in [0.2, 0.25) is 5.91 Å². The summed E-state index contributed by atoms with van der Waals surface area (Å²) in [5.74, 6) is -3.35. The van der Waals surface area contributed by atoms with E-state index in [0.29, 0.717) is 27.2 Å². The number of hydrogen-bond donors (Lipinski definition) is 3. The Labute approximate surface area is 356 Å². The normalized spacial score (nSPS) is 14.2. The number of nitrogens with zero attached hydrogens (tertiary/aromatic N) is 7. The first-order chi connectivity index (χ1) is 28.6. The standard InChI is InChI=1S/C40H45ClN10O9S/c1-8-43-61(57,58)45-27-12-9-24(10-13-27)19-32(49-18-17-48(35(53)36(49)54)31-22-26(41)11-15-30(31)50-23-42-46-47-50)34(52)44-28-14-16-29-25(20-28)21-33(37(55)59-39(2,3)4)51(29)38(56)60-40(5,6)7/h9-16,20-23,32,43,45H,8,17-19H2,1-7H3,(H,44,52). The largest absolute Gasteiger partial charge is 0.455 e. The van der Waals surface area contributed by atoms with Gasteiger partial charge in [-0.15, -0.1) is 5.10 Å². The van der Waals surface area contributed by atoms with Crippen LogP contribution in [-0.4, -0.2) is 105 Å². The van der Waals surface area contributed by atoms with Crippen molar-refractivity contribution in [3.05, 3.63) is 89.3 Å². The highest BCUT2D eigenvalue weighted by Crippen LogP contribution is 2.31. The maximum Gasteiger partial charge on any atom is 0.419 e. The summed E-state index contributed by atoms with van der Waals surface area (Å²) in [6, 6.07) is 15.7. The van der Waals surface area contributed by atoms with E-state index in [-0.39, 0.29) is 48.8 Å². The van der Waals surface area contributed by atoms with Crippen LogP contribution in [-0.2, 0) is 40.5 Å². The van der Waals surface area contributed by atoms with E-state index in [9.17, 15) is 32.4 Å². The van der Waals surface area contributed by atoms with Crippen LogP contribution in [0.3, 0.4) is 0 Å². The molecule has 0 bridgehead atoms. The molecule has 3 amide bonds. The van der Waals surface area contributed by atoms with E-state index in [1.54, 1.807) is 78.8 Å². The summed E-state index contributed by atoms with van der Waals surface area (Å²) in [6.45, 7) is 11.9. The van der Waals surface area contributed by atoms with Gasteiger partial charge in [-0.25, -0.2) is 14.2 Å². The lowest BCUT2D eigenvalue weighted by atomic mass is 10.0. The number of anilines is 3. The van der Waals surface area contributed by atoms with Crippen molar-refractivity contribution in [2.24, 2.45) is 0 Å². The molecule has 1 atom stereocenters. The molecule has 0 radical (unpaired) electrons. The third-order valence-electron chi connectivity index (χ3n) is 8.98. The molecule has 0 aliphatic carbocycles. The van der Waals surface area contributed by atoms with Crippen molar-refractivity contribution in [1.29, 1.82) is 0 Å². The Morgan fingerprint density at radius 2 is 1.54 bits per heavy atom. The quantitative estimate of drug-likeness (QED) is 0.115. The Morgan fingerprint density at radius 1 is 0.852 bits per heavy atom. The summed E-state index contributed by atoms with van der Waals surface area (Å²) in [5.41, 5.74) is 0.125. The van der Waals surface area contributed by atoms with Crippen LogP contribution in [0.25, 0.3) is 16.6 Å². The molecule has 1 aliphatic heterocycles. The molecule has 19 nitrogen and oxygen atoms in total. The Kier molecular flexibility index (Phi) is 12.5. The van der Waals surface area contributed by atoms with Gasteiger partial charge in [-0.2, -0.15) is 17.8 Å². The molecule has 21 heteroatoms. The van der Waals surface area contributed by atoms with Gasteiger partial charge in [0.1, 0.15) is 29.3 Å². The van der Waals surface area contributed by atoms with E-state index in [1.165, 1.54) is 57.2 Å². The minimum atomic E-state index is -3.82. The summed E-state index contributed by atoms with van der Waals surface area (Å²) in [4.78, 5) is 71.7. The molecule has 1 fully saturated rings. The molecule has 3 N–H and O–H groups in total. The summed E-state index contributed by atoms with van der Waals surface area (Å²) in [5, 5.41) is 14.8. The van der Waals surface area contributed by atoms with Crippen molar-refractivity contribution in [3.8, 4) is 5.69 Å². The second kappa shape index (κ2) is 17.3. The highest BCUT2D eigenvalue weighted by atomic mass is 35.5. The fourth-order valence-corrected chi connectivity index (χ4v) is 7.58. The maximum atomic E-state index is 14.4. The molecule has 3 heterocycles. The number of rotatable bonds is 12. The number of halogens is 1. The molecule has 1 saturated heterocycles. The van der Waals surface area contributed by atoms with Crippen LogP contribution in [0.1, 0.15) is 64.5 Å². The van der Waals surface area contributed by atoms with Gasteiger partial charge in [-0.05, 0) is 112 Å². The van der Waals surface area contributed by atoms with Gasteiger partial charge in [0.15, 0.2) is 0 Å². The van der Waals surface area contributed by atoms with Gasteiger partial charge < -0.3 is 24.6 Å². The maximum absolute atomic E-state index is 14.4. The highest BCUT2D eigenvalue weighted by Gasteiger charge is 2.41. The lowest BCUT2D eigenvalue weighted by Crippen LogP contribution is -2.60. The Balaban J connectivity index is 1.33. The molecule has 3 aromatic carbocycles. The number of carbonyl (C=O) groups excluding carboxylic acids is 5. The number of benzene rings is 3. The number of ether oxygens (including phenoxy) is 2. The summed E-state index contributed by atoms with van der Waals surface area (Å²) >= 11 is 6.32. The van der Waals surface area contributed by atoms with Crippen molar-refractivity contribution >= 4 is 79.6 Å². The lowest BCUT2D eigenvalue weighted by molar-refractivity contribution is -0.149. The van der Waals surface area contributed by atoms with Gasteiger partial charge >= 0.3 is 23.9 Å². The second-order valence-electron chi connectivity index (χ2n) is 16.0. The third kappa shape index (κ3) is 10.5. The van der Waals surface area contributed by atoms with Crippen LogP contribution in [0.4, 0.5) is 21.9 Å². The van der Waals surface area contributed by atoms with Crippen molar-refractivity contribution in [1.82, 2.24) is 34.4 Å². The average molecular weight is 877 g/mol. The number of aromatic nitrogens is 5. The monoisotopic (exact) mass is 876 g/mol. The van der Waals surface area contributed by atoms with E-state index < -0.39 is 57.2 Å². The zero-order valence-corrected chi connectivity index (χ0v) is 36.0. The van der Waals surface area contributed by atoms with Crippen molar-refractivity contribution in [3.63, 3.8) is 0 Å². The summed E-state index contributed by atoms with van der Waals surface area (Å²) in [7, 11) is -3.82. The van der Waals surface area contributed by atoms with Crippen LogP contribution in [0.15, 0.2) is 73.1 Å². The zero-order valence-electron chi connectivity index (χ0n) is 34.4. The van der Waals surface area contributed by atoms with Crippen molar-refractivity contribution in [2.45, 2.75) is 72.1 Å². The molecule has 1 aliphatic rings. The summed E-state index contributed by atoms with van der Waals surface area (Å²) < 4.78 is 43.0. The van der Waals surface area contributed by atoms with Gasteiger partial charge in [0.05, 0.1) is 16.9 Å². The number of amides is 3. The minimum Gasteiger partial charge on any atom is -0.455 e. The number of carbonyl (C=O) groups is 5. The molecule has 0 saturated carbocycles. The molecule has 6 rings (SSSR count). The van der Waals surface area contributed by atoms with E-state index in [0.717, 1.165) is 4.57 Å². The molecule has 322 valence electrons. The molecule has 0 spiro atoms. The molecule has 5 aromatic rings. The van der Waals surface area contributed by atoms with E-state index >= 15 is 0 Å². The number of hydrogen-bond acceptors (Lipinski definition) is 12. The second-order valence-corrected chi connectivity index (χ2v) is 17.9. The third-order valence-corrected chi connectivity index (χ3v) is 10.4. The van der Waals surface area contributed by atoms with Gasteiger partial charge in [-0.3, -0.25) is 19.1 Å². The highest BCUT2D eigenvalue weighted by molar-refractivity contribution is 7.90. The Morgan fingerprint density at radius 3 is 2.18 bits per heavy atom. The number of fused-ring (bicyclic) bond motifs is 1. The molecule has 1 unspecified atom stereocenters. The number of piperazine rings is 1. The number of nitrogens with one attached hydrogen (secondary N) is 3. The predicted octanol–water partition coefficient (Wildman–Crippen LogP) is 4.70. The van der Waals surface area contributed by atoms with Crippen LogP contribution in [0, 0.1) is 0 Å². The van der Waals surface area contributed by atoms with Crippen molar-refractivity contribution < 1.29 is 41.9 Å². The molecule has 2 aromatic heterocycles. The van der Waals surface area contributed by atoms with Crippen LogP contribution in [0.2, 0.25) is 5.02 Å². The fraction of sp³-hybridized carbons (Fsp3) is 0.350. The first-order valence-corrected chi connectivity index (χ1v) is 20.9. The van der Waals surface area contributed by atoms with E-state index in [2.05, 4.69) is 30.3 Å². The van der Waals surface area contributed by atoms with Gasteiger partial charge in [0.25, 0.3) is 10.2 Å². The van der Waals surface area contributed by atoms with Gasteiger partial charge in [-0.1, -0.05) is 30.7 Å². The SMILES string of the molecule is CCNS(=O)(=O)Nc1ccc(CC(C(=O)Nc2ccc3c(c2)cc(C(=O)OC(C)(C)C)n3C(=O)OC(C)(C)C)N2CCN(c3cc(Cl)ccc3-n3cnnn3)C(=O)C2=O)cc1. The first kappa shape index (κ1) is 44.2. The average Bonchev–Trinajstić information content (AvgIpc) is 3.83. The molecular weight excluding hydrogens is 832 g/mol. The van der Waals surface area contributed by atoms with Crippen molar-refractivity contribution in [2.75, 3.05) is 34.6 Å². The number of esters is 1. The van der Waals surface area contributed by atoms with Gasteiger partial charge in [0, 0.05) is 47.8 Å². The molecular formula is C40H45ClN10O9S. The topological polar surface area (TPSA) is 229 Å².